The van der Waals surface area contributed by atoms with Crippen LogP contribution in [0.4, 0.5) is 5.82 Å². The number of nitrogens with zero attached hydrogens (tertiary/aromatic N) is 5. The number of piperidine rings is 1. The van der Waals surface area contributed by atoms with Crippen LogP contribution in [0.3, 0.4) is 0 Å². The second-order valence-electron chi connectivity index (χ2n) is 7.70. The minimum absolute atomic E-state index is 0.218. The Balaban J connectivity index is 1.39. The number of likely N-dealkylation sites (tertiary alicyclic amines) is 1. The van der Waals surface area contributed by atoms with Crippen LogP contribution in [0.2, 0.25) is 0 Å². The predicted octanol–water partition coefficient (Wildman–Crippen LogP) is 2.95. The average molecular weight is 377 g/mol. The SMILES string of the molecule is Cc1cc(N(C)C2CCN(C(=O)Cc3cn(C)c4ccccc34)CC2)ncn1. The summed E-state index contributed by atoms with van der Waals surface area (Å²) >= 11 is 0. The number of carbonyl (C=O) groups is 1. The highest BCUT2D eigenvalue weighted by molar-refractivity contribution is 5.89. The van der Waals surface area contributed by atoms with Crippen molar-refractivity contribution >= 4 is 22.6 Å². The Labute approximate surface area is 165 Å². The highest BCUT2D eigenvalue weighted by atomic mass is 16.2. The van der Waals surface area contributed by atoms with Gasteiger partial charge in [0.2, 0.25) is 5.91 Å². The molecule has 6 heteroatoms. The van der Waals surface area contributed by atoms with Gasteiger partial charge in [0.15, 0.2) is 0 Å². The normalized spacial score (nSPS) is 15.2. The third-order valence-corrected chi connectivity index (χ3v) is 5.84. The predicted molar refractivity (Wildman–Crippen MR) is 111 cm³/mol. The van der Waals surface area contributed by atoms with E-state index in [-0.39, 0.29) is 5.91 Å². The van der Waals surface area contributed by atoms with Crippen molar-refractivity contribution in [1.82, 2.24) is 19.4 Å². The number of carbonyl (C=O) groups excluding carboxylic acids is 1. The number of amides is 1. The van der Waals surface area contributed by atoms with Gasteiger partial charge in [-0.3, -0.25) is 4.79 Å². The average Bonchev–Trinajstić information content (AvgIpc) is 3.03. The Hall–Kier alpha value is -2.89. The first-order chi connectivity index (χ1) is 13.5. The topological polar surface area (TPSA) is 54.3 Å². The summed E-state index contributed by atoms with van der Waals surface area (Å²) in [5, 5.41) is 1.17. The molecule has 0 radical (unpaired) electrons. The van der Waals surface area contributed by atoms with Gasteiger partial charge in [-0.25, -0.2) is 9.97 Å². The molecule has 0 aliphatic carbocycles. The number of anilines is 1. The van der Waals surface area contributed by atoms with Crippen molar-refractivity contribution in [1.29, 1.82) is 0 Å². The summed E-state index contributed by atoms with van der Waals surface area (Å²) in [5.41, 5.74) is 3.25. The Morgan fingerprint density at radius 2 is 1.96 bits per heavy atom. The molecule has 4 rings (SSSR count). The maximum absolute atomic E-state index is 12.9. The Kier molecular flexibility index (Phi) is 5.03. The highest BCUT2D eigenvalue weighted by Gasteiger charge is 2.26. The molecule has 3 aromatic rings. The van der Waals surface area contributed by atoms with E-state index in [4.69, 9.17) is 0 Å². The van der Waals surface area contributed by atoms with Crippen LogP contribution in [0.25, 0.3) is 10.9 Å². The molecule has 0 N–H and O–H groups in total. The molecule has 0 unspecified atom stereocenters. The summed E-state index contributed by atoms with van der Waals surface area (Å²) in [5.74, 6) is 1.17. The molecule has 1 amide bonds. The third-order valence-electron chi connectivity index (χ3n) is 5.84. The van der Waals surface area contributed by atoms with Gasteiger partial charge < -0.3 is 14.4 Å². The zero-order valence-corrected chi connectivity index (χ0v) is 16.8. The molecule has 0 saturated carbocycles. The van der Waals surface area contributed by atoms with Crippen molar-refractivity contribution < 1.29 is 4.79 Å². The maximum Gasteiger partial charge on any atom is 0.227 e. The van der Waals surface area contributed by atoms with Crippen LogP contribution >= 0.6 is 0 Å². The van der Waals surface area contributed by atoms with Crippen LogP contribution in [0.1, 0.15) is 24.1 Å². The van der Waals surface area contributed by atoms with E-state index in [1.807, 2.05) is 37.1 Å². The van der Waals surface area contributed by atoms with Gasteiger partial charge in [-0.15, -0.1) is 0 Å². The van der Waals surface area contributed by atoms with E-state index >= 15 is 0 Å². The fourth-order valence-corrected chi connectivity index (χ4v) is 4.16. The molecule has 0 spiro atoms. The van der Waals surface area contributed by atoms with Crippen molar-refractivity contribution in [2.75, 3.05) is 25.0 Å². The van der Waals surface area contributed by atoms with Gasteiger partial charge in [0.25, 0.3) is 0 Å². The summed E-state index contributed by atoms with van der Waals surface area (Å²) in [6.07, 6.45) is 6.08. The third kappa shape index (κ3) is 3.59. The number of aromatic nitrogens is 3. The van der Waals surface area contributed by atoms with Crippen molar-refractivity contribution in [2.45, 2.75) is 32.2 Å². The fraction of sp³-hybridized carbons (Fsp3) is 0.409. The van der Waals surface area contributed by atoms with Crippen molar-refractivity contribution in [3.8, 4) is 0 Å². The molecule has 1 aromatic carbocycles. The zero-order chi connectivity index (χ0) is 19.7. The Morgan fingerprint density at radius 1 is 1.21 bits per heavy atom. The van der Waals surface area contributed by atoms with Gasteiger partial charge in [-0.05, 0) is 31.4 Å². The second-order valence-corrected chi connectivity index (χ2v) is 7.70. The summed E-state index contributed by atoms with van der Waals surface area (Å²) in [6.45, 7) is 3.57. The number of aryl methyl sites for hydroxylation is 2. The van der Waals surface area contributed by atoms with E-state index in [0.717, 1.165) is 43.0 Å². The first-order valence-corrected chi connectivity index (χ1v) is 9.85. The molecule has 28 heavy (non-hydrogen) atoms. The van der Waals surface area contributed by atoms with Crippen LogP contribution < -0.4 is 4.90 Å². The number of para-hydroxylation sites is 1. The standard InChI is InChI=1S/C22H27N5O/c1-16-12-21(24-15-23-16)26(3)18-8-10-27(11-9-18)22(28)13-17-14-25(2)20-7-5-4-6-19(17)20/h4-7,12,14-15,18H,8-11,13H2,1-3H3. The highest BCUT2D eigenvalue weighted by Crippen LogP contribution is 2.24. The molecule has 3 heterocycles. The van der Waals surface area contributed by atoms with Gasteiger partial charge >= 0.3 is 0 Å². The Bertz CT molecular complexity index is 988. The molecular formula is C22H27N5O. The molecule has 146 valence electrons. The van der Waals surface area contributed by atoms with Crippen LogP contribution in [-0.2, 0) is 18.3 Å². The van der Waals surface area contributed by atoms with Crippen LogP contribution in [0.15, 0.2) is 42.9 Å². The summed E-state index contributed by atoms with van der Waals surface area (Å²) in [6, 6.07) is 10.7. The van der Waals surface area contributed by atoms with Gasteiger partial charge in [0, 0.05) is 62.1 Å². The van der Waals surface area contributed by atoms with Crippen LogP contribution in [-0.4, -0.2) is 51.5 Å². The lowest BCUT2D eigenvalue weighted by molar-refractivity contribution is -0.131. The molecule has 6 nitrogen and oxygen atoms in total. The van der Waals surface area contributed by atoms with E-state index in [9.17, 15) is 4.79 Å². The molecule has 1 fully saturated rings. The molecule has 0 atom stereocenters. The lowest BCUT2D eigenvalue weighted by Crippen LogP contribution is -2.46. The van der Waals surface area contributed by atoms with Gasteiger partial charge in [-0.2, -0.15) is 0 Å². The van der Waals surface area contributed by atoms with Crippen LogP contribution in [0, 0.1) is 6.92 Å². The molecule has 1 saturated heterocycles. The summed E-state index contributed by atoms with van der Waals surface area (Å²) in [7, 11) is 4.12. The Morgan fingerprint density at radius 3 is 2.71 bits per heavy atom. The van der Waals surface area contributed by atoms with Gasteiger partial charge in [0.1, 0.15) is 12.1 Å². The fourth-order valence-electron chi connectivity index (χ4n) is 4.16. The lowest BCUT2D eigenvalue weighted by atomic mass is 10.0. The van der Waals surface area contributed by atoms with Crippen molar-refractivity contribution in [2.24, 2.45) is 7.05 Å². The summed E-state index contributed by atoms with van der Waals surface area (Å²) < 4.78 is 2.10. The minimum atomic E-state index is 0.218. The monoisotopic (exact) mass is 377 g/mol. The van der Waals surface area contributed by atoms with Crippen LogP contribution in [0.5, 0.6) is 0 Å². The van der Waals surface area contributed by atoms with E-state index in [2.05, 4.69) is 44.8 Å². The first-order valence-electron chi connectivity index (χ1n) is 9.85. The van der Waals surface area contributed by atoms with E-state index < -0.39 is 0 Å². The maximum atomic E-state index is 12.9. The largest absolute Gasteiger partial charge is 0.356 e. The summed E-state index contributed by atoms with van der Waals surface area (Å²) in [4.78, 5) is 25.7. The number of benzene rings is 1. The number of hydrogen-bond acceptors (Lipinski definition) is 4. The lowest BCUT2D eigenvalue weighted by Gasteiger charge is -2.37. The quantitative estimate of drug-likeness (QED) is 0.701. The van der Waals surface area contributed by atoms with E-state index in [1.165, 1.54) is 10.9 Å². The second kappa shape index (κ2) is 7.62. The molecule has 1 aliphatic rings. The van der Waals surface area contributed by atoms with E-state index in [0.29, 0.717) is 12.5 Å². The van der Waals surface area contributed by atoms with Crippen molar-refractivity contribution in [3.05, 3.63) is 54.1 Å². The van der Waals surface area contributed by atoms with Gasteiger partial charge in [-0.1, -0.05) is 18.2 Å². The molecule has 1 aliphatic heterocycles. The molecule has 2 aromatic heterocycles. The minimum Gasteiger partial charge on any atom is -0.356 e. The smallest absolute Gasteiger partial charge is 0.227 e. The zero-order valence-electron chi connectivity index (χ0n) is 16.8. The van der Waals surface area contributed by atoms with E-state index in [1.54, 1.807) is 6.33 Å². The molecule has 0 bridgehead atoms. The number of hydrogen-bond donors (Lipinski definition) is 0. The number of fused-ring (bicyclic) bond motifs is 1. The number of rotatable bonds is 4. The van der Waals surface area contributed by atoms with Crippen molar-refractivity contribution in [3.63, 3.8) is 0 Å². The van der Waals surface area contributed by atoms with Gasteiger partial charge in [0.05, 0.1) is 6.42 Å². The molecular weight excluding hydrogens is 350 g/mol. The first kappa shape index (κ1) is 18.5.